The molecule has 15 nitrogen and oxygen atoms in total. The number of aromatic hydroxyl groups is 2. The summed E-state index contributed by atoms with van der Waals surface area (Å²) in [6.45, 7) is 3.97. The SMILES string of the molecule is COc1cc(-c2cc(=O)c3c(O)cc([C@@H]4O[C@H](COC(C)=O)[C@@H](OC(C)=O)[C@H](OC(C)=O)[C@H]4OC(C)=O)cc3o2)cc(OC)c1O. The monoisotopic (exact) mass is 644 g/mol. The summed E-state index contributed by atoms with van der Waals surface area (Å²) in [6, 6.07) is 6.46. The molecule has 0 aliphatic carbocycles. The number of methoxy groups -OCH3 is 2. The van der Waals surface area contributed by atoms with Crippen molar-refractivity contribution in [2.75, 3.05) is 20.8 Å². The summed E-state index contributed by atoms with van der Waals surface area (Å²) in [4.78, 5) is 61.3. The largest absolute Gasteiger partial charge is 0.507 e. The molecule has 46 heavy (non-hydrogen) atoms. The van der Waals surface area contributed by atoms with Crippen molar-refractivity contribution in [1.82, 2.24) is 0 Å². The van der Waals surface area contributed by atoms with Gasteiger partial charge in [-0.15, -0.1) is 0 Å². The highest BCUT2D eigenvalue weighted by molar-refractivity contribution is 5.86. The molecular formula is C31H32O15. The molecule has 0 amide bonds. The lowest BCUT2D eigenvalue weighted by Crippen LogP contribution is -2.59. The molecule has 1 saturated heterocycles. The summed E-state index contributed by atoms with van der Waals surface area (Å²) >= 11 is 0. The van der Waals surface area contributed by atoms with Crippen LogP contribution < -0.4 is 14.9 Å². The number of phenols is 2. The van der Waals surface area contributed by atoms with Crippen LogP contribution in [0.1, 0.15) is 39.4 Å². The molecule has 2 aromatic carbocycles. The van der Waals surface area contributed by atoms with E-state index in [2.05, 4.69) is 0 Å². The molecule has 15 heteroatoms. The number of fused-ring (bicyclic) bond motifs is 1. The molecule has 0 saturated carbocycles. The Bertz CT molecular complexity index is 1700. The average molecular weight is 645 g/mol. The second-order valence-electron chi connectivity index (χ2n) is 10.2. The quantitative estimate of drug-likeness (QED) is 0.254. The van der Waals surface area contributed by atoms with E-state index in [1.54, 1.807) is 0 Å². The van der Waals surface area contributed by atoms with Crippen molar-refractivity contribution < 1.29 is 67.0 Å². The van der Waals surface area contributed by atoms with Crippen LogP contribution in [0.25, 0.3) is 22.3 Å². The number of benzene rings is 2. The number of hydrogen-bond acceptors (Lipinski definition) is 15. The van der Waals surface area contributed by atoms with Crippen molar-refractivity contribution >= 4 is 34.8 Å². The Morgan fingerprint density at radius 1 is 0.761 bits per heavy atom. The summed E-state index contributed by atoms with van der Waals surface area (Å²) in [5, 5.41) is 21.1. The minimum Gasteiger partial charge on any atom is -0.507 e. The predicted octanol–water partition coefficient (Wildman–Crippen LogP) is 2.69. The fourth-order valence-electron chi connectivity index (χ4n) is 5.13. The average Bonchev–Trinajstić information content (AvgIpc) is 2.97. The number of hydrogen-bond donors (Lipinski definition) is 2. The van der Waals surface area contributed by atoms with Gasteiger partial charge in [0.25, 0.3) is 0 Å². The van der Waals surface area contributed by atoms with E-state index in [1.165, 1.54) is 38.5 Å². The highest BCUT2D eigenvalue weighted by Crippen LogP contribution is 2.42. The van der Waals surface area contributed by atoms with Crippen molar-refractivity contribution in [1.29, 1.82) is 0 Å². The van der Waals surface area contributed by atoms with Gasteiger partial charge in [0.05, 0.1) is 14.2 Å². The van der Waals surface area contributed by atoms with Crippen LogP contribution in [0.2, 0.25) is 0 Å². The Labute approximate surface area is 261 Å². The molecule has 1 aliphatic heterocycles. The summed E-state index contributed by atoms with van der Waals surface area (Å²) in [5.74, 6) is -3.84. The first-order valence-corrected chi connectivity index (χ1v) is 13.8. The first kappa shape index (κ1) is 33.6. The maximum absolute atomic E-state index is 13.2. The number of carbonyl (C=O) groups excluding carboxylic acids is 4. The van der Waals surface area contributed by atoms with Crippen LogP contribution in [0.5, 0.6) is 23.0 Å². The van der Waals surface area contributed by atoms with E-state index in [-0.39, 0.29) is 45.1 Å². The Balaban J connectivity index is 1.91. The standard InChI is InChI=1S/C31H32O15/c1-13(32)41-12-25-29(42-14(2)33)31(44-16(4)35)30(43-15(3)34)28(46-25)18-7-19(36)26-20(37)11-21(45-22(26)10-18)17-8-23(39-5)27(38)24(9-17)40-6/h7-11,25,28-31,36,38H,12H2,1-6H3/t25-,28+,29-,30+,31+/m1/s1. The van der Waals surface area contributed by atoms with Gasteiger partial charge in [-0.25, -0.2) is 0 Å². The van der Waals surface area contributed by atoms with Gasteiger partial charge in [0.15, 0.2) is 35.2 Å². The Kier molecular flexibility index (Phi) is 10.1. The third kappa shape index (κ3) is 7.15. The highest BCUT2D eigenvalue weighted by Gasteiger charge is 2.52. The molecule has 0 radical (unpaired) electrons. The van der Waals surface area contributed by atoms with E-state index < -0.39 is 72.2 Å². The maximum atomic E-state index is 13.2. The molecule has 2 heterocycles. The van der Waals surface area contributed by atoms with Crippen LogP contribution in [0.3, 0.4) is 0 Å². The van der Waals surface area contributed by atoms with Crippen molar-refractivity contribution in [3.05, 3.63) is 46.1 Å². The molecule has 246 valence electrons. The zero-order valence-electron chi connectivity index (χ0n) is 25.7. The third-order valence-corrected chi connectivity index (χ3v) is 6.92. The van der Waals surface area contributed by atoms with Gasteiger partial charge in [0.1, 0.15) is 41.3 Å². The number of ether oxygens (including phenoxy) is 7. The van der Waals surface area contributed by atoms with E-state index in [4.69, 9.17) is 37.6 Å². The number of phenolic OH excluding ortho intramolecular Hbond substituents is 2. The summed E-state index contributed by atoms with van der Waals surface area (Å²) in [7, 11) is 2.65. The molecule has 0 bridgehead atoms. The topological polar surface area (TPSA) is 204 Å². The van der Waals surface area contributed by atoms with Gasteiger partial charge in [-0.1, -0.05) is 0 Å². The summed E-state index contributed by atoms with van der Waals surface area (Å²) in [6.07, 6.45) is -6.91. The molecule has 4 rings (SSSR count). The molecule has 5 atom stereocenters. The zero-order chi connectivity index (χ0) is 33.9. The Morgan fingerprint density at radius 2 is 1.33 bits per heavy atom. The molecule has 1 fully saturated rings. The predicted molar refractivity (Wildman–Crippen MR) is 155 cm³/mol. The minimum atomic E-state index is -1.46. The highest BCUT2D eigenvalue weighted by atomic mass is 16.7. The third-order valence-electron chi connectivity index (χ3n) is 6.92. The van der Waals surface area contributed by atoms with Crippen molar-refractivity contribution in [2.45, 2.75) is 58.2 Å². The number of carbonyl (C=O) groups is 4. The minimum absolute atomic E-state index is 0.00666. The van der Waals surface area contributed by atoms with Crippen LogP contribution in [-0.4, -0.2) is 79.3 Å². The Hall–Kier alpha value is -5.31. The van der Waals surface area contributed by atoms with E-state index in [0.717, 1.165) is 33.8 Å². The fourth-order valence-corrected chi connectivity index (χ4v) is 5.13. The van der Waals surface area contributed by atoms with Crippen LogP contribution in [0.4, 0.5) is 0 Å². The summed E-state index contributed by atoms with van der Waals surface area (Å²) < 4.78 is 44.1. The van der Waals surface area contributed by atoms with Gasteiger partial charge in [-0.05, 0) is 29.8 Å². The summed E-state index contributed by atoms with van der Waals surface area (Å²) in [5.41, 5.74) is -0.393. The van der Waals surface area contributed by atoms with E-state index >= 15 is 0 Å². The molecule has 0 unspecified atom stereocenters. The number of rotatable bonds is 9. The fraction of sp³-hybridized carbons (Fsp3) is 0.387. The van der Waals surface area contributed by atoms with E-state index in [9.17, 15) is 34.2 Å². The lowest BCUT2D eigenvalue weighted by molar-refractivity contribution is -0.254. The van der Waals surface area contributed by atoms with Crippen molar-refractivity contribution in [3.63, 3.8) is 0 Å². The molecule has 0 spiro atoms. The Morgan fingerprint density at radius 3 is 1.87 bits per heavy atom. The van der Waals surface area contributed by atoms with Gasteiger partial charge in [0, 0.05) is 39.3 Å². The molecular weight excluding hydrogens is 612 g/mol. The van der Waals surface area contributed by atoms with Gasteiger partial charge in [0.2, 0.25) is 5.75 Å². The van der Waals surface area contributed by atoms with Crippen LogP contribution in [0, 0.1) is 0 Å². The molecule has 3 aromatic rings. The van der Waals surface area contributed by atoms with Gasteiger partial charge in [-0.3, -0.25) is 24.0 Å². The molecule has 1 aromatic heterocycles. The van der Waals surface area contributed by atoms with Crippen molar-refractivity contribution in [3.8, 4) is 34.3 Å². The van der Waals surface area contributed by atoms with E-state index in [1.807, 2.05) is 0 Å². The van der Waals surface area contributed by atoms with Crippen LogP contribution in [0.15, 0.2) is 39.5 Å². The first-order chi connectivity index (χ1) is 21.7. The number of esters is 4. The molecule has 1 aliphatic rings. The smallest absolute Gasteiger partial charge is 0.303 e. The second kappa shape index (κ2) is 13.8. The zero-order valence-corrected chi connectivity index (χ0v) is 25.7. The lowest BCUT2D eigenvalue weighted by Gasteiger charge is -2.44. The van der Waals surface area contributed by atoms with Gasteiger partial charge in [-0.2, -0.15) is 0 Å². The second-order valence-corrected chi connectivity index (χ2v) is 10.2. The maximum Gasteiger partial charge on any atom is 0.303 e. The van der Waals surface area contributed by atoms with Gasteiger partial charge < -0.3 is 47.8 Å². The van der Waals surface area contributed by atoms with Gasteiger partial charge >= 0.3 is 23.9 Å². The van der Waals surface area contributed by atoms with E-state index in [0.29, 0.717) is 0 Å². The van der Waals surface area contributed by atoms with Crippen LogP contribution >= 0.6 is 0 Å². The lowest BCUT2D eigenvalue weighted by atomic mass is 9.90. The molecule has 2 N–H and O–H groups in total. The van der Waals surface area contributed by atoms with Crippen molar-refractivity contribution in [2.24, 2.45) is 0 Å². The first-order valence-electron chi connectivity index (χ1n) is 13.8. The van der Waals surface area contributed by atoms with Crippen LogP contribution in [-0.2, 0) is 42.9 Å². The normalized spacial score (nSPS) is 20.8.